The van der Waals surface area contributed by atoms with Crippen molar-refractivity contribution < 1.29 is 56.7 Å². The van der Waals surface area contributed by atoms with Crippen LogP contribution in [0.1, 0.15) is 87.2 Å². The van der Waals surface area contributed by atoms with Crippen LogP contribution >= 0.6 is 7.82 Å². The lowest BCUT2D eigenvalue weighted by molar-refractivity contribution is -0.870. The SMILES string of the molecule is CC/C=C\C/C=C\C/C=C\C/C=C\C/C=C\C/C=C\CCC(=O)OC(COC(=O)CCC(NC(=O)c1ccc(N(C)Cc2cnc3nc(N)nc(N)c3n2)cc1)C(=O)O)COP(=O)(O)OCC[N+](C)(C)C. The largest absolute Gasteiger partial charge is 0.480 e. The maximum absolute atomic E-state index is 13.1. The molecule has 0 aliphatic heterocycles. The number of carboxylic acids is 1. The number of aromatic nitrogens is 4. The number of anilines is 3. The molecular formula is C50H71N9O11P+. The van der Waals surface area contributed by atoms with Crippen molar-refractivity contribution in [2.45, 2.75) is 89.8 Å². The number of nitrogens with two attached hydrogens (primary N) is 2. The highest BCUT2D eigenvalue weighted by atomic mass is 31.2. The molecule has 3 aromatic rings. The Balaban J connectivity index is 1.47. The zero-order chi connectivity index (χ0) is 52.1. The molecule has 1 aromatic carbocycles. The summed E-state index contributed by atoms with van der Waals surface area (Å²) >= 11 is 0. The van der Waals surface area contributed by atoms with Gasteiger partial charge in [-0.3, -0.25) is 23.4 Å². The molecule has 3 rings (SSSR count). The van der Waals surface area contributed by atoms with Crippen LogP contribution in [0, 0.1) is 0 Å². The van der Waals surface area contributed by atoms with Gasteiger partial charge in [0.15, 0.2) is 23.1 Å². The van der Waals surface area contributed by atoms with Gasteiger partial charge in [0.05, 0.1) is 46.2 Å². The summed E-state index contributed by atoms with van der Waals surface area (Å²) in [5.74, 6) is -3.54. The molecule has 2 heterocycles. The monoisotopic (exact) mass is 1000 g/mol. The summed E-state index contributed by atoms with van der Waals surface area (Å²) in [6.07, 6.45) is 30.0. The van der Waals surface area contributed by atoms with Crippen LogP contribution < -0.4 is 21.7 Å². The molecule has 1 amide bonds. The first-order chi connectivity index (χ1) is 33.9. The third-order valence-electron chi connectivity index (χ3n) is 9.99. The average Bonchev–Trinajstić information content (AvgIpc) is 3.31. The minimum Gasteiger partial charge on any atom is -0.480 e. The highest BCUT2D eigenvalue weighted by Gasteiger charge is 2.28. The minimum absolute atomic E-state index is 0.0142. The standard InChI is InChI=1S/C50H70N9O11P/c1-6-7-8-9-10-11-12-13-14-15-16-17-18-19-20-21-22-23-24-25-44(61)70-41(37-69-71(65,66)68-33-32-59(3,4)5)36-67-43(60)31-30-42(49(63)64)55-48(62)38-26-28-40(29-27-38)58(2)35-39-34-53-47-45(54-39)46(51)56-50(52)57-47/h7-8,10-11,13-14,16-17,19-20,22-23,26-29,34,41-42H,6,9,12,15,18,21,24-25,30-33,35-37H2,1-5H3,(H6-,51,52,53,55,56,57,62,63,64,65,66)/p+1/b8-7-,11-10-,14-13-,17-16-,20-19-,23-22-. The molecule has 3 atom stereocenters. The molecule has 0 aliphatic rings. The summed E-state index contributed by atoms with van der Waals surface area (Å²) in [7, 11) is 2.84. The molecule has 3 unspecified atom stereocenters. The highest BCUT2D eigenvalue weighted by Crippen LogP contribution is 2.43. The number of phosphoric acid groups is 1. The van der Waals surface area contributed by atoms with E-state index >= 15 is 0 Å². The molecule has 0 spiro atoms. The summed E-state index contributed by atoms with van der Waals surface area (Å²) in [6.45, 7) is 1.52. The van der Waals surface area contributed by atoms with Crippen LogP contribution in [0.25, 0.3) is 11.2 Å². The fourth-order valence-corrected chi connectivity index (χ4v) is 6.87. The number of hydrogen-bond donors (Lipinski definition) is 5. The van der Waals surface area contributed by atoms with E-state index in [-0.39, 0.29) is 42.4 Å². The fraction of sp³-hybridized carbons (Fsp3) is 0.440. The first-order valence-electron chi connectivity index (χ1n) is 23.4. The lowest BCUT2D eigenvalue weighted by atomic mass is 10.1. The predicted molar refractivity (Wildman–Crippen MR) is 274 cm³/mol. The Hall–Kier alpha value is -6.57. The van der Waals surface area contributed by atoms with Crippen LogP contribution in [-0.2, 0) is 44.0 Å². The van der Waals surface area contributed by atoms with E-state index in [2.05, 4.69) is 86.9 Å². The number of ether oxygens (including phenoxy) is 2. The van der Waals surface area contributed by atoms with Gasteiger partial charge in [-0.2, -0.15) is 9.97 Å². The number of nitrogen functional groups attached to an aromatic ring is 2. The topological polar surface area (TPSA) is 282 Å². The number of hydrogen-bond acceptors (Lipinski definition) is 16. The summed E-state index contributed by atoms with van der Waals surface area (Å²) in [6, 6.07) is 4.90. The molecule has 0 radical (unpaired) electrons. The smallest absolute Gasteiger partial charge is 0.472 e. The van der Waals surface area contributed by atoms with Crippen molar-refractivity contribution in [3.05, 3.63) is 115 Å². The number of allylic oxidation sites excluding steroid dienone is 12. The van der Waals surface area contributed by atoms with Crippen LogP contribution in [0.4, 0.5) is 17.5 Å². The van der Waals surface area contributed by atoms with E-state index in [1.165, 1.54) is 18.3 Å². The first-order valence-corrected chi connectivity index (χ1v) is 24.9. The number of aliphatic carboxylic acids is 1. The zero-order valence-electron chi connectivity index (χ0n) is 41.4. The number of carboxylic acid groups (broad SMARTS) is 1. The van der Waals surface area contributed by atoms with Crippen molar-refractivity contribution in [3.8, 4) is 0 Å². The quantitative estimate of drug-likeness (QED) is 0.0178. The number of benzene rings is 1. The third-order valence-corrected chi connectivity index (χ3v) is 11.0. The van der Waals surface area contributed by atoms with Crippen molar-refractivity contribution in [1.29, 1.82) is 0 Å². The van der Waals surface area contributed by atoms with E-state index in [9.17, 15) is 33.7 Å². The Morgan fingerprint density at radius 1 is 0.803 bits per heavy atom. The number of fused-ring (bicyclic) bond motifs is 1. The van der Waals surface area contributed by atoms with Gasteiger partial charge in [0.2, 0.25) is 5.95 Å². The molecule has 71 heavy (non-hydrogen) atoms. The lowest BCUT2D eigenvalue weighted by Crippen LogP contribution is -2.41. The maximum atomic E-state index is 13.1. The van der Waals surface area contributed by atoms with E-state index in [1.807, 2.05) is 44.3 Å². The number of likely N-dealkylation sites (N-methyl/N-ethyl adjacent to an activating group) is 1. The number of carbonyl (C=O) groups is 4. The van der Waals surface area contributed by atoms with Gasteiger partial charge in [0.1, 0.15) is 25.8 Å². The van der Waals surface area contributed by atoms with Crippen LogP contribution in [-0.4, -0.2) is 125 Å². The molecule has 0 aliphatic carbocycles. The van der Waals surface area contributed by atoms with Gasteiger partial charge in [0.25, 0.3) is 5.91 Å². The molecule has 386 valence electrons. The Morgan fingerprint density at radius 2 is 1.39 bits per heavy atom. The molecule has 21 heteroatoms. The van der Waals surface area contributed by atoms with Crippen molar-refractivity contribution in [3.63, 3.8) is 0 Å². The summed E-state index contributed by atoms with van der Waals surface area (Å²) in [5.41, 5.74) is 13.6. The van der Waals surface area contributed by atoms with Gasteiger partial charge in [-0.15, -0.1) is 0 Å². The molecule has 0 saturated heterocycles. The van der Waals surface area contributed by atoms with Crippen LogP contribution in [0.15, 0.2) is 103 Å². The van der Waals surface area contributed by atoms with E-state index in [1.54, 1.807) is 19.2 Å². The van der Waals surface area contributed by atoms with Crippen molar-refractivity contribution in [1.82, 2.24) is 25.3 Å². The van der Waals surface area contributed by atoms with Crippen molar-refractivity contribution in [2.75, 3.05) is 70.9 Å². The number of nitrogens with zero attached hydrogens (tertiary/aromatic N) is 6. The van der Waals surface area contributed by atoms with Gasteiger partial charge < -0.3 is 45.6 Å². The van der Waals surface area contributed by atoms with Gasteiger partial charge >= 0.3 is 25.7 Å². The Bertz CT molecular complexity index is 2400. The van der Waals surface area contributed by atoms with E-state index in [0.29, 0.717) is 47.3 Å². The third kappa shape index (κ3) is 25.2. The van der Waals surface area contributed by atoms with E-state index < -0.39 is 63.4 Å². The molecule has 0 bridgehead atoms. The van der Waals surface area contributed by atoms with Crippen LogP contribution in [0.5, 0.6) is 0 Å². The Labute approximate surface area is 416 Å². The molecule has 0 saturated carbocycles. The summed E-state index contributed by atoms with van der Waals surface area (Å²) in [5, 5.41) is 12.3. The molecule has 7 N–H and O–H groups in total. The van der Waals surface area contributed by atoms with Gasteiger partial charge in [0, 0.05) is 31.1 Å². The lowest BCUT2D eigenvalue weighted by Gasteiger charge is -2.24. The maximum Gasteiger partial charge on any atom is 0.472 e. The van der Waals surface area contributed by atoms with Crippen molar-refractivity contribution in [2.24, 2.45) is 0 Å². The number of rotatable bonds is 33. The van der Waals surface area contributed by atoms with E-state index in [0.717, 1.165) is 32.1 Å². The van der Waals surface area contributed by atoms with Crippen LogP contribution in [0.2, 0.25) is 0 Å². The number of nitrogens with one attached hydrogen (secondary N) is 1. The second-order valence-electron chi connectivity index (χ2n) is 17.2. The normalized spacial score (nSPS) is 14.0. The molecule has 20 nitrogen and oxygen atoms in total. The van der Waals surface area contributed by atoms with Gasteiger partial charge in [-0.1, -0.05) is 79.8 Å². The number of amides is 1. The van der Waals surface area contributed by atoms with Crippen LogP contribution in [0.3, 0.4) is 0 Å². The van der Waals surface area contributed by atoms with Gasteiger partial charge in [-0.05, 0) is 75.6 Å². The summed E-state index contributed by atoms with van der Waals surface area (Å²) < 4.78 is 34.0. The molecular weight excluding hydrogens is 934 g/mol. The molecule has 2 aromatic heterocycles. The number of quaternary nitrogens is 1. The highest BCUT2D eigenvalue weighted by molar-refractivity contribution is 7.47. The first kappa shape index (κ1) is 58.7. The van der Waals surface area contributed by atoms with E-state index in [4.69, 9.17) is 30.0 Å². The second-order valence-corrected chi connectivity index (χ2v) is 18.6. The molecule has 0 fully saturated rings. The number of esters is 2. The number of carbonyl (C=O) groups excluding carboxylic acids is 3. The predicted octanol–water partition coefficient (Wildman–Crippen LogP) is 6.96. The van der Waals surface area contributed by atoms with Crippen molar-refractivity contribution >= 4 is 60.3 Å². The minimum atomic E-state index is -4.58. The zero-order valence-corrected chi connectivity index (χ0v) is 42.3. The summed E-state index contributed by atoms with van der Waals surface area (Å²) in [4.78, 5) is 79.7. The Kier molecular flexibility index (Phi) is 26.2. The fourth-order valence-electron chi connectivity index (χ4n) is 6.13. The average molecular weight is 1010 g/mol. The van der Waals surface area contributed by atoms with Gasteiger partial charge in [-0.25, -0.2) is 19.3 Å². The Morgan fingerprint density at radius 3 is 1.97 bits per heavy atom. The second kappa shape index (κ2) is 31.6. The number of phosphoric ester groups is 1.